The van der Waals surface area contributed by atoms with Crippen molar-refractivity contribution in [3.63, 3.8) is 0 Å². The van der Waals surface area contributed by atoms with Gasteiger partial charge in [0.25, 0.3) is 0 Å². The summed E-state index contributed by atoms with van der Waals surface area (Å²) in [5.41, 5.74) is -0.854. The van der Waals surface area contributed by atoms with Crippen molar-refractivity contribution in [2.75, 3.05) is 13.1 Å². The van der Waals surface area contributed by atoms with Gasteiger partial charge in [-0.2, -0.15) is 18.3 Å². The van der Waals surface area contributed by atoms with Gasteiger partial charge in [-0.05, 0) is 31.5 Å². The Morgan fingerprint density at radius 2 is 2.21 bits per heavy atom. The van der Waals surface area contributed by atoms with Gasteiger partial charge < -0.3 is 5.32 Å². The van der Waals surface area contributed by atoms with Crippen LogP contribution in [0, 0.1) is 0 Å². The summed E-state index contributed by atoms with van der Waals surface area (Å²) in [4.78, 5) is 4.09. The quantitative estimate of drug-likeness (QED) is 0.864. The third-order valence-electron chi connectivity index (χ3n) is 3.35. The number of rotatable bonds is 1. The molecule has 2 aromatic rings. The second kappa shape index (κ2) is 4.48. The standard InChI is InChI=1S/C12H13F3N4/c13-12(14,15)9-4-2-6-19-11(9)17-10(18-19)8-3-1-5-16-7-8/h2,4,6,8,16H,1,3,5,7H2. The lowest BCUT2D eigenvalue weighted by molar-refractivity contribution is -0.136. The Morgan fingerprint density at radius 3 is 2.89 bits per heavy atom. The number of halogens is 3. The molecule has 0 radical (unpaired) electrons. The Bertz CT molecular complexity index is 584. The summed E-state index contributed by atoms with van der Waals surface area (Å²) in [6.45, 7) is 1.66. The molecule has 1 fully saturated rings. The van der Waals surface area contributed by atoms with Gasteiger partial charge in [0.1, 0.15) is 5.56 Å². The molecule has 0 bridgehead atoms. The minimum atomic E-state index is -4.41. The highest BCUT2D eigenvalue weighted by molar-refractivity contribution is 5.48. The molecule has 0 aromatic carbocycles. The fourth-order valence-corrected chi connectivity index (χ4v) is 2.39. The molecule has 1 atom stereocenters. The fraction of sp³-hybridized carbons (Fsp3) is 0.500. The molecule has 102 valence electrons. The summed E-state index contributed by atoms with van der Waals surface area (Å²) in [5.74, 6) is 0.582. The van der Waals surface area contributed by atoms with Crippen molar-refractivity contribution in [2.24, 2.45) is 0 Å². The molecule has 1 aliphatic rings. The molecule has 2 aromatic heterocycles. The van der Waals surface area contributed by atoms with Crippen molar-refractivity contribution in [1.82, 2.24) is 19.9 Å². The van der Waals surface area contributed by atoms with E-state index in [4.69, 9.17) is 0 Å². The molecule has 0 saturated carbocycles. The highest BCUT2D eigenvalue weighted by atomic mass is 19.4. The van der Waals surface area contributed by atoms with Crippen LogP contribution >= 0.6 is 0 Å². The molecule has 3 rings (SSSR count). The summed E-state index contributed by atoms with van der Waals surface area (Å²) >= 11 is 0. The molecule has 1 unspecified atom stereocenters. The van der Waals surface area contributed by atoms with Gasteiger partial charge in [0.15, 0.2) is 11.5 Å². The van der Waals surface area contributed by atoms with Crippen molar-refractivity contribution in [2.45, 2.75) is 24.9 Å². The van der Waals surface area contributed by atoms with Crippen molar-refractivity contribution < 1.29 is 13.2 Å². The monoisotopic (exact) mass is 270 g/mol. The molecule has 0 aliphatic carbocycles. The van der Waals surface area contributed by atoms with Gasteiger partial charge in [-0.1, -0.05) is 0 Å². The first-order valence-electron chi connectivity index (χ1n) is 6.19. The molecule has 4 nitrogen and oxygen atoms in total. The van der Waals surface area contributed by atoms with Crippen LogP contribution in [0.5, 0.6) is 0 Å². The van der Waals surface area contributed by atoms with E-state index in [1.165, 1.54) is 16.8 Å². The van der Waals surface area contributed by atoms with Crippen LogP contribution in [0.25, 0.3) is 5.65 Å². The van der Waals surface area contributed by atoms with Gasteiger partial charge in [0, 0.05) is 18.7 Å². The Hall–Kier alpha value is -1.63. The molecule has 0 spiro atoms. The number of fused-ring (bicyclic) bond motifs is 1. The second-order valence-electron chi connectivity index (χ2n) is 4.70. The highest BCUT2D eigenvalue weighted by Gasteiger charge is 2.34. The van der Waals surface area contributed by atoms with Crippen molar-refractivity contribution in [3.05, 3.63) is 29.7 Å². The summed E-state index contributed by atoms with van der Waals surface area (Å²) < 4.78 is 39.8. The van der Waals surface area contributed by atoms with Crippen LogP contribution in [-0.2, 0) is 6.18 Å². The van der Waals surface area contributed by atoms with Crippen LogP contribution in [0.3, 0.4) is 0 Å². The summed E-state index contributed by atoms with van der Waals surface area (Å²) in [5, 5.41) is 7.39. The zero-order valence-electron chi connectivity index (χ0n) is 10.1. The third-order valence-corrected chi connectivity index (χ3v) is 3.35. The third kappa shape index (κ3) is 2.30. The maximum absolute atomic E-state index is 12.9. The molecule has 1 saturated heterocycles. The van der Waals surface area contributed by atoms with Gasteiger partial charge >= 0.3 is 6.18 Å². The smallest absolute Gasteiger partial charge is 0.316 e. The number of aromatic nitrogens is 3. The summed E-state index contributed by atoms with van der Waals surface area (Å²) in [7, 11) is 0. The maximum atomic E-state index is 12.9. The van der Waals surface area contributed by atoms with Crippen LogP contribution < -0.4 is 5.32 Å². The number of hydrogen-bond acceptors (Lipinski definition) is 3. The van der Waals surface area contributed by atoms with Crippen molar-refractivity contribution >= 4 is 5.65 Å². The molecule has 1 N–H and O–H groups in total. The largest absolute Gasteiger partial charge is 0.420 e. The normalized spacial score (nSPS) is 20.9. The first kappa shape index (κ1) is 12.4. The van der Waals surface area contributed by atoms with Crippen LogP contribution in [-0.4, -0.2) is 27.7 Å². The number of pyridine rings is 1. The Kier molecular flexibility index (Phi) is 2.93. The van der Waals surface area contributed by atoms with E-state index in [2.05, 4.69) is 15.4 Å². The summed E-state index contributed by atoms with van der Waals surface area (Å²) in [6.07, 6.45) is -1.01. The number of alkyl halides is 3. The average Bonchev–Trinajstić information content (AvgIpc) is 2.82. The lowest BCUT2D eigenvalue weighted by atomic mass is 9.99. The fourth-order valence-electron chi connectivity index (χ4n) is 2.39. The number of piperidine rings is 1. The van der Waals surface area contributed by atoms with Crippen LogP contribution in [0.4, 0.5) is 13.2 Å². The number of hydrogen-bond donors (Lipinski definition) is 1. The van der Waals surface area contributed by atoms with Crippen molar-refractivity contribution in [3.8, 4) is 0 Å². The zero-order chi connectivity index (χ0) is 13.5. The predicted octanol–water partition coefficient (Wildman–Crippen LogP) is 2.22. The average molecular weight is 270 g/mol. The first-order chi connectivity index (χ1) is 9.05. The first-order valence-corrected chi connectivity index (χ1v) is 6.19. The van der Waals surface area contributed by atoms with E-state index in [9.17, 15) is 13.2 Å². The molecule has 1 aliphatic heterocycles. The van der Waals surface area contributed by atoms with Gasteiger partial charge in [-0.3, -0.25) is 0 Å². The van der Waals surface area contributed by atoms with Crippen LogP contribution in [0.15, 0.2) is 18.3 Å². The van der Waals surface area contributed by atoms with Gasteiger partial charge in [-0.15, -0.1) is 0 Å². The Morgan fingerprint density at radius 1 is 1.37 bits per heavy atom. The van der Waals surface area contributed by atoms with Gasteiger partial charge in [0.05, 0.1) is 0 Å². The molecule has 7 heteroatoms. The lowest BCUT2D eigenvalue weighted by Crippen LogP contribution is -2.28. The number of nitrogens with zero attached hydrogens (tertiary/aromatic N) is 3. The SMILES string of the molecule is FC(F)(F)c1cccn2nc(C3CCCNC3)nc12. The maximum Gasteiger partial charge on any atom is 0.420 e. The van der Waals surface area contributed by atoms with Gasteiger partial charge in [-0.25, -0.2) is 9.50 Å². The van der Waals surface area contributed by atoms with E-state index in [0.717, 1.165) is 32.0 Å². The second-order valence-corrected chi connectivity index (χ2v) is 4.70. The summed E-state index contributed by atoms with van der Waals surface area (Å²) in [6, 6.07) is 2.38. The predicted molar refractivity (Wildman–Crippen MR) is 62.8 cm³/mol. The van der Waals surface area contributed by atoms with E-state index in [0.29, 0.717) is 5.82 Å². The molecule has 0 amide bonds. The topological polar surface area (TPSA) is 42.2 Å². The van der Waals surface area contributed by atoms with E-state index in [1.807, 2.05) is 0 Å². The molecule has 19 heavy (non-hydrogen) atoms. The van der Waals surface area contributed by atoms with Gasteiger partial charge in [0.2, 0.25) is 0 Å². The van der Waals surface area contributed by atoms with E-state index < -0.39 is 11.7 Å². The van der Waals surface area contributed by atoms with E-state index >= 15 is 0 Å². The van der Waals surface area contributed by atoms with Crippen LogP contribution in [0.1, 0.15) is 30.1 Å². The minimum Gasteiger partial charge on any atom is -0.316 e. The number of nitrogens with one attached hydrogen (secondary N) is 1. The van der Waals surface area contributed by atoms with Crippen LogP contribution in [0.2, 0.25) is 0 Å². The highest BCUT2D eigenvalue weighted by Crippen LogP contribution is 2.32. The van der Waals surface area contributed by atoms with Crippen molar-refractivity contribution in [1.29, 1.82) is 0 Å². The van der Waals surface area contributed by atoms with E-state index in [1.54, 1.807) is 0 Å². The van der Waals surface area contributed by atoms with E-state index in [-0.39, 0.29) is 11.6 Å². The molecular formula is C12H13F3N4. The molecular weight excluding hydrogens is 257 g/mol. The Balaban J connectivity index is 2.05. The minimum absolute atomic E-state index is 0.0923. The Labute approximate surface area is 107 Å². The lowest BCUT2D eigenvalue weighted by Gasteiger charge is -2.19. The molecule has 3 heterocycles. The zero-order valence-corrected chi connectivity index (χ0v) is 10.1.